The van der Waals surface area contributed by atoms with E-state index in [4.69, 9.17) is 22.1 Å². The van der Waals surface area contributed by atoms with Gasteiger partial charge < -0.3 is 15.0 Å². The van der Waals surface area contributed by atoms with Crippen molar-refractivity contribution in [3.05, 3.63) is 64.7 Å². The summed E-state index contributed by atoms with van der Waals surface area (Å²) in [5, 5.41) is 0.580. The molecule has 0 aliphatic heterocycles. The first-order valence-corrected chi connectivity index (χ1v) is 8.94. The maximum atomic E-state index is 11.3. The molecule has 0 fully saturated rings. The zero-order valence-electron chi connectivity index (χ0n) is 13.7. The van der Waals surface area contributed by atoms with Gasteiger partial charge in [0.2, 0.25) is 0 Å². The summed E-state index contributed by atoms with van der Waals surface area (Å²) in [4.78, 5) is 11.3. The van der Waals surface area contributed by atoms with Gasteiger partial charge in [-0.25, -0.2) is 4.31 Å². The molecule has 0 saturated carbocycles. The highest BCUT2D eigenvalue weighted by Crippen LogP contribution is 2.16. The summed E-state index contributed by atoms with van der Waals surface area (Å²) in [7, 11) is 0. The van der Waals surface area contributed by atoms with Gasteiger partial charge >= 0.3 is 0 Å². The van der Waals surface area contributed by atoms with E-state index < -0.39 is 17.2 Å². The lowest BCUT2D eigenvalue weighted by Gasteiger charge is -2.21. The van der Waals surface area contributed by atoms with Crippen LogP contribution in [0, 0.1) is 11.8 Å². The van der Waals surface area contributed by atoms with Gasteiger partial charge in [0.15, 0.2) is 0 Å². The van der Waals surface area contributed by atoms with Gasteiger partial charge in [-0.3, -0.25) is 9.00 Å². The van der Waals surface area contributed by atoms with Crippen molar-refractivity contribution in [2.75, 3.05) is 13.2 Å². The summed E-state index contributed by atoms with van der Waals surface area (Å²) in [6, 6.07) is 13.4. The molecule has 0 saturated heterocycles. The fourth-order valence-electron chi connectivity index (χ4n) is 2.06. The second-order valence-electron chi connectivity index (χ2n) is 5.14. The molecule has 2 aromatic carbocycles. The van der Waals surface area contributed by atoms with Crippen LogP contribution < -0.4 is 10.5 Å². The highest BCUT2D eigenvalue weighted by molar-refractivity contribution is 7.76. The number of halogens is 1. The molecular formula is C18H16ClN2O4S-. The fourth-order valence-corrected chi connectivity index (χ4v) is 2.61. The number of carbonyl (C=O) groups excluding carboxylic acids is 1. The third kappa shape index (κ3) is 6.17. The van der Waals surface area contributed by atoms with Crippen LogP contribution in [0.2, 0.25) is 5.02 Å². The van der Waals surface area contributed by atoms with E-state index in [9.17, 15) is 13.6 Å². The lowest BCUT2D eigenvalue weighted by Crippen LogP contribution is -2.25. The number of primary amides is 1. The van der Waals surface area contributed by atoms with Gasteiger partial charge in [0.25, 0.3) is 5.91 Å². The predicted octanol–water partition coefficient (Wildman–Crippen LogP) is 2.12. The highest BCUT2D eigenvalue weighted by Gasteiger charge is 2.07. The molecule has 2 rings (SSSR count). The quantitative estimate of drug-likeness (QED) is 0.577. The molecule has 26 heavy (non-hydrogen) atoms. The van der Waals surface area contributed by atoms with E-state index >= 15 is 0 Å². The molecular weight excluding hydrogens is 376 g/mol. The van der Waals surface area contributed by atoms with E-state index in [-0.39, 0.29) is 25.3 Å². The average Bonchev–Trinajstić information content (AvgIpc) is 2.62. The third-order valence-corrected chi connectivity index (χ3v) is 4.25. The van der Waals surface area contributed by atoms with Crippen molar-refractivity contribution in [1.29, 1.82) is 0 Å². The molecule has 0 aliphatic carbocycles. The Morgan fingerprint density at radius 2 is 1.88 bits per heavy atom. The molecule has 136 valence electrons. The van der Waals surface area contributed by atoms with Gasteiger partial charge in [-0.2, -0.15) is 0 Å². The minimum Gasteiger partial charge on any atom is -0.760 e. The average molecular weight is 392 g/mol. The van der Waals surface area contributed by atoms with Crippen LogP contribution in [0.25, 0.3) is 0 Å². The number of nitrogens with two attached hydrogens (primary N) is 1. The zero-order chi connectivity index (χ0) is 18.9. The van der Waals surface area contributed by atoms with Crippen molar-refractivity contribution in [3.63, 3.8) is 0 Å². The SMILES string of the molecule is NC(=O)c1ccccc1OCC#CCN(Cc1ccc(Cl)cc1)S(=O)[O-]. The number of hydrogen-bond acceptors (Lipinski definition) is 4. The van der Waals surface area contributed by atoms with Crippen molar-refractivity contribution < 1.29 is 18.3 Å². The Bertz CT molecular complexity index is 846. The van der Waals surface area contributed by atoms with Gasteiger partial charge in [0.1, 0.15) is 12.4 Å². The van der Waals surface area contributed by atoms with Gasteiger partial charge in [0, 0.05) is 22.8 Å². The number of rotatable bonds is 7. The number of amides is 1. The molecule has 0 aromatic heterocycles. The molecule has 1 atom stereocenters. The van der Waals surface area contributed by atoms with E-state index in [1.807, 2.05) is 0 Å². The van der Waals surface area contributed by atoms with Crippen molar-refractivity contribution in [1.82, 2.24) is 4.31 Å². The summed E-state index contributed by atoms with van der Waals surface area (Å²) < 4.78 is 29.2. The number of benzene rings is 2. The molecule has 8 heteroatoms. The van der Waals surface area contributed by atoms with Crippen LogP contribution in [-0.2, 0) is 17.8 Å². The van der Waals surface area contributed by atoms with Crippen LogP contribution in [0.1, 0.15) is 15.9 Å². The maximum Gasteiger partial charge on any atom is 0.252 e. The first-order valence-electron chi connectivity index (χ1n) is 7.53. The van der Waals surface area contributed by atoms with Crippen LogP contribution in [0.5, 0.6) is 5.75 Å². The molecule has 0 spiro atoms. The molecule has 0 radical (unpaired) electrons. The highest BCUT2D eigenvalue weighted by atomic mass is 35.5. The van der Waals surface area contributed by atoms with E-state index in [1.54, 1.807) is 48.5 Å². The van der Waals surface area contributed by atoms with Crippen LogP contribution in [0.15, 0.2) is 48.5 Å². The minimum absolute atomic E-state index is 0.00453. The first kappa shape index (κ1) is 19.9. The van der Waals surface area contributed by atoms with Crippen LogP contribution >= 0.6 is 11.6 Å². The summed E-state index contributed by atoms with van der Waals surface area (Å²) in [6.07, 6.45) is 0. The van der Waals surface area contributed by atoms with E-state index in [0.29, 0.717) is 10.8 Å². The Balaban J connectivity index is 1.91. The number of ether oxygens (including phenoxy) is 1. The summed E-state index contributed by atoms with van der Waals surface area (Å²) in [5.41, 5.74) is 6.32. The Kier molecular flexibility index (Phi) is 7.63. The normalized spacial score (nSPS) is 11.5. The number of carbonyl (C=O) groups is 1. The third-order valence-electron chi connectivity index (χ3n) is 3.32. The second-order valence-corrected chi connectivity index (χ2v) is 6.53. The minimum atomic E-state index is -2.41. The monoisotopic (exact) mass is 391 g/mol. The Hall–Kier alpha value is -2.37. The molecule has 6 nitrogen and oxygen atoms in total. The standard InChI is InChI=1S/C18H17ClN2O4S/c19-15-9-7-14(8-10-15)13-21(26(23)24)11-3-4-12-25-17-6-2-1-5-16(17)18(20)22/h1-2,5-10H,11-13H2,(H2,20,22)(H,23,24)/p-1. The van der Waals surface area contributed by atoms with Crippen molar-refractivity contribution in [3.8, 4) is 17.6 Å². The molecule has 2 aromatic rings. The molecule has 0 bridgehead atoms. The van der Waals surface area contributed by atoms with Crippen LogP contribution in [0.4, 0.5) is 0 Å². The molecule has 2 N–H and O–H groups in total. The van der Waals surface area contributed by atoms with E-state index in [0.717, 1.165) is 5.56 Å². The first-order chi connectivity index (χ1) is 12.5. The summed E-state index contributed by atoms with van der Waals surface area (Å²) >= 11 is 3.40. The maximum absolute atomic E-state index is 11.3. The number of nitrogens with zero attached hydrogens (tertiary/aromatic N) is 1. The van der Waals surface area contributed by atoms with E-state index in [2.05, 4.69) is 11.8 Å². The Morgan fingerprint density at radius 1 is 1.19 bits per heavy atom. The van der Waals surface area contributed by atoms with Crippen molar-refractivity contribution >= 4 is 28.8 Å². The Morgan fingerprint density at radius 3 is 2.54 bits per heavy atom. The number of hydrogen-bond donors (Lipinski definition) is 1. The van der Waals surface area contributed by atoms with Gasteiger partial charge in [-0.1, -0.05) is 47.7 Å². The van der Waals surface area contributed by atoms with E-state index in [1.165, 1.54) is 4.31 Å². The molecule has 1 amide bonds. The van der Waals surface area contributed by atoms with Crippen LogP contribution in [-0.4, -0.2) is 32.1 Å². The largest absolute Gasteiger partial charge is 0.760 e. The van der Waals surface area contributed by atoms with Crippen molar-refractivity contribution in [2.45, 2.75) is 6.54 Å². The van der Waals surface area contributed by atoms with Gasteiger partial charge in [0.05, 0.1) is 12.1 Å². The lowest BCUT2D eigenvalue weighted by molar-refractivity contribution is 0.0997. The smallest absolute Gasteiger partial charge is 0.252 e. The van der Waals surface area contributed by atoms with Gasteiger partial charge in [-0.15, -0.1) is 0 Å². The molecule has 1 unspecified atom stereocenters. The number of para-hydroxylation sites is 1. The predicted molar refractivity (Wildman–Crippen MR) is 99.0 cm³/mol. The summed E-state index contributed by atoms with van der Waals surface area (Å²) in [6.45, 7) is 0.206. The lowest BCUT2D eigenvalue weighted by atomic mass is 10.2. The fraction of sp³-hybridized carbons (Fsp3) is 0.167. The molecule has 0 aliphatic rings. The van der Waals surface area contributed by atoms with Crippen LogP contribution in [0.3, 0.4) is 0 Å². The zero-order valence-corrected chi connectivity index (χ0v) is 15.3. The van der Waals surface area contributed by atoms with Gasteiger partial charge in [-0.05, 0) is 29.8 Å². The second kappa shape index (κ2) is 9.94. The molecule has 0 heterocycles. The van der Waals surface area contributed by atoms with Crippen molar-refractivity contribution in [2.24, 2.45) is 5.73 Å². The summed E-state index contributed by atoms with van der Waals surface area (Å²) in [5.74, 6) is 5.19. The topological polar surface area (TPSA) is 95.7 Å². The Labute approximate surface area is 159 Å².